The zero-order chi connectivity index (χ0) is 19.6. The van der Waals surface area contributed by atoms with E-state index in [0.29, 0.717) is 24.2 Å². The summed E-state index contributed by atoms with van der Waals surface area (Å²) in [6.07, 6.45) is 8.15. The van der Waals surface area contributed by atoms with Crippen molar-refractivity contribution in [2.24, 2.45) is 9.98 Å². The van der Waals surface area contributed by atoms with Gasteiger partial charge in [0.2, 0.25) is 0 Å². The van der Waals surface area contributed by atoms with Crippen molar-refractivity contribution >= 4 is 12.4 Å². The summed E-state index contributed by atoms with van der Waals surface area (Å²) in [5.74, 6) is -0.0468. The third-order valence-electron chi connectivity index (χ3n) is 4.08. The van der Waals surface area contributed by atoms with E-state index >= 15 is 0 Å². The van der Waals surface area contributed by atoms with Crippen molar-refractivity contribution in [3.63, 3.8) is 0 Å². The van der Waals surface area contributed by atoms with Crippen LogP contribution in [0.4, 0.5) is 0 Å². The first kappa shape index (κ1) is 19.2. The lowest BCUT2D eigenvalue weighted by Gasteiger charge is -2.04. The molecule has 3 rings (SSSR count). The number of hydrogen-bond acceptors (Lipinski definition) is 6. The number of nitrogens with zero attached hydrogens (tertiary/aromatic N) is 4. The van der Waals surface area contributed by atoms with Gasteiger partial charge in [0.15, 0.2) is 0 Å². The lowest BCUT2D eigenvalue weighted by molar-refractivity contribution is 0.449. The van der Waals surface area contributed by atoms with E-state index in [1.807, 2.05) is 36.4 Å². The van der Waals surface area contributed by atoms with Crippen LogP contribution >= 0.6 is 0 Å². The van der Waals surface area contributed by atoms with Crippen molar-refractivity contribution in [3.8, 4) is 11.5 Å². The van der Waals surface area contributed by atoms with Gasteiger partial charge in [-0.25, -0.2) is 0 Å². The highest BCUT2D eigenvalue weighted by molar-refractivity contribution is 5.91. The molecule has 0 aliphatic carbocycles. The molecule has 0 saturated carbocycles. The molecule has 142 valence electrons. The number of aromatic hydroxyl groups is 2. The summed E-state index contributed by atoms with van der Waals surface area (Å²) in [6, 6.07) is 14.5. The third kappa shape index (κ3) is 5.74. The molecular formula is C22H22N4O2. The topological polar surface area (TPSA) is 91.0 Å². The van der Waals surface area contributed by atoms with Crippen LogP contribution in [-0.4, -0.2) is 45.7 Å². The zero-order valence-electron chi connectivity index (χ0n) is 15.4. The van der Waals surface area contributed by atoms with Crippen molar-refractivity contribution in [3.05, 3.63) is 83.4 Å². The van der Waals surface area contributed by atoms with Crippen LogP contribution in [0.3, 0.4) is 0 Å². The SMILES string of the molecule is Oc1cc(O)c(C=NCCc2ccccn2)cc1C=NCCc1ccccn1. The van der Waals surface area contributed by atoms with Crippen LogP contribution in [0.15, 0.2) is 70.9 Å². The molecule has 0 spiro atoms. The summed E-state index contributed by atoms with van der Waals surface area (Å²) in [4.78, 5) is 17.2. The van der Waals surface area contributed by atoms with Gasteiger partial charge in [-0.1, -0.05) is 12.1 Å². The first-order valence-electron chi connectivity index (χ1n) is 9.08. The minimum absolute atomic E-state index is 0.0234. The quantitative estimate of drug-likeness (QED) is 0.592. The second kappa shape index (κ2) is 9.97. The van der Waals surface area contributed by atoms with Crippen molar-refractivity contribution in [1.29, 1.82) is 0 Å². The Balaban J connectivity index is 1.59. The molecule has 3 aromatic rings. The summed E-state index contributed by atoms with van der Waals surface area (Å²) < 4.78 is 0. The maximum atomic E-state index is 10.0. The summed E-state index contributed by atoms with van der Waals surface area (Å²) in [5, 5.41) is 20.1. The molecule has 0 atom stereocenters. The standard InChI is InChI=1S/C22H22N4O2/c27-21-14-22(28)18(16-24-12-8-20-6-2-4-10-26-20)13-17(21)15-23-11-7-19-5-1-3-9-25-19/h1-6,9-10,13-16,27-28H,7-8,11-12H2. The molecule has 1 aromatic carbocycles. The minimum atomic E-state index is -0.0234. The second-order valence-corrected chi connectivity index (χ2v) is 6.18. The van der Waals surface area contributed by atoms with Crippen LogP contribution in [0, 0.1) is 0 Å². The normalized spacial score (nSPS) is 11.4. The predicted molar refractivity (Wildman–Crippen MR) is 111 cm³/mol. The Hall–Kier alpha value is -3.54. The largest absolute Gasteiger partial charge is 0.507 e. The van der Waals surface area contributed by atoms with Gasteiger partial charge in [-0.05, 0) is 30.3 Å². The second-order valence-electron chi connectivity index (χ2n) is 6.18. The van der Waals surface area contributed by atoms with E-state index in [4.69, 9.17) is 0 Å². The number of rotatable bonds is 8. The van der Waals surface area contributed by atoms with Crippen LogP contribution in [0.5, 0.6) is 11.5 Å². The molecule has 0 radical (unpaired) electrons. The minimum Gasteiger partial charge on any atom is -0.507 e. The maximum Gasteiger partial charge on any atom is 0.128 e. The number of hydrogen-bond donors (Lipinski definition) is 2. The van der Waals surface area contributed by atoms with Gasteiger partial charge in [0.1, 0.15) is 11.5 Å². The number of benzene rings is 1. The molecule has 6 heteroatoms. The van der Waals surface area contributed by atoms with Crippen molar-refractivity contribution in [2.75, 3.05) is 13.1 Å². The van der Waals surface area contributed by atoms with Crippen molar-refractivity contribution in [2.45, 2.75) is 12.8 Å². The molecule has 2 heterocycles. The Bertz CT molecular complexity index is 867. The Labute approximate surface area is 164 Å². The van der Waals surface area contributed by atoms with Gasteiger partial charge in [0.25, 0.3) is 0 Å². The highest BCUT2D eigenvalue weighted by Gasteiger charge is 2.06. The zero-order valence-corrected chi connectivity index (χ0v) is 15.4. The van der Waals surface area contributed by atoms with Crippen molar-refractivity contribution in [1.82, 2.24) is 9.97 Å². The van der Waals surface area contributed by atoms with E-state index in [0.717, 1.165) is 24.2 Å². The van der Waals surface area contributed by atoms with E-state index in [1.54, 1.807) is 30.9 Å². The summed E-state index contributed by atoms with van der Waals surface area (Å²) in [7, 11) is 0. The summed E-state index contributed by atoms with van der Waals surface area (Å²) >= 11 is 0. The number of pyridine rings is 2. The van der Waals surface area contributed by atoms with Gasteiger partial charge in [0, 0.05) is 79.3 Å². The number of phenolic OH excluding ortho intramolecular Hbond substituents is 2. The Morgan fingerprint density at radius 2 is 1.21 bits per heavy atom. The number of aromatic nitrogens is 2. The molecule has 0 aliphatic heterocycles. The average Bonchev–Trinajstić information content (AvgIpc) is 2.72. The van der Waals surface area contributed by atoms with Crippen LogP contribution < -0.4 is 0 Å². The summed E-state index contributed by atoms with van der Waals surface area (Å²) in [6.45, 7) is 1.12. The van der Waals surface area contributed by atoms with Gasteiger partial charge in [-0.15, -0.1) is 0 Å². The fourth-order valence-electron chi connectivity index (χ4n) is 2.59. The third-order valence-corrected chi connectivity index (χ3v) is 4.08. The van der Waals surface area contributed by atoms with Crippen LogP contribution in [-0.2, 0) is 12.8 Å². The fraction of sp³-hybridized carbons (Fsp3) is 0.182. The molecule has 6 nitrogen and oxygen atoms in total. The molecule has 0 bridgehead atoms. The average molecular weight is 374 g/mol. The van der Waals surface area contributed by atoms with E-state index in [9.17, 15) is 10.2 Å². The Morgan fingerprint density at radius 3 is 1.64 bits per heavy atom. The number of phenols is 2. The fourth-order valence-corrected chi connectivity index (χ4v) is 2.59. The van der Waals surface area contributed by atoms with E-state index in [-0.39, 0.29) is 11.5 Å². The molecule has 0 saturated heterocycles. The predicted octanol–water partition coefficient (Wildman–Crippen LogP) is 3.21. The number of aliphatic imine (C=N–C) groups is 2. The maximum absolute atomic E-state index is 10.0. The molecule has 2 aromatic heterocycles. The van der Waals surface area contributed by atoms with Crippen LogP contribution in [0.25, 0.3) is 0 Å². The first-order valence-corrected chi connectivity index (χ1v) is 9.08. The van der Waals surface area contributed by atoms with Gasteiger partial charge in [0.05, 0.1) is 0 Å². The molecule has 0 fully saturated rings. The monoisotopic (exact) mass is 374 g/mol. The van der Waals surface area contributed by atoms with Gasteiger partial charge in [-0.3, -0.25) is 20.0 Å². The lowest BCUT2D eigenvalue weighted by atomic mass is 10.1. The van der Waals surface area contributed by atoms with Gasteiger partial charge < -0.3 is 10.2 Å². The highest BCUT2D eigenvalue weighted by atomic mass is 16.3. The van der Waals surface area contributed by atoms with Crippen molar-refractivity contribution < 1.29 is 10.2 Å². The molecule has 0 amide bonds. The van der Waals surface area contributed by atoms with E-state index in [1.165, 1.54) is 6.07 Å². The molecule has 2 N–H and O–H groups in total. The first-order chi connectivity index (χ1) is 13.7. The molecular weight excluding hydrogens is 352 g/mol. The van der Waals surface area contributed by atoms with Gasteiger partial charge >= 0.3 is 0 Å². The van der Waals surface area contributed by atoms with E-state index in [2.05, 4.69) is 20.0 Å². The molecule has 0 aliphatic rings. The van der Waals surface area contributed by atoms with Crippen LogP contribution in [0.2, 0.25) is 0 Å². The highest BCUT2D eigenvalue weighted by Crippen LogP contribution is 2.25. The van der Waals surface area contributed by atoms with E-state index < -0.39 is 0 Å². The lowest BCUT2D eigenvalue weighted by Crippen LogP contribution is -1.95. The Morgan fingerprint density at radius 1 is 0.714 bits per heavy atom. The summed E-state index contributed by atoms with van der Waals surface area (Å²) in [5.41, 5.74) is 3.00. The molecule has 0 unspecified atom stereocenters. The molecule has 28 heavy (non-hydrogen) atoms. The smallest absolute Gasteiger partial charge is 0.128 e. The van der Waals surface area contributed by atoms with Crippen LogP contribution in [0.1, 0.15) is 22.5 Å². The Kier molecular flexibility index (Phi) is 6.84. The van der Waals surface area contributed by atoms with Gasteiger partial charge in [-0.2, -0.15) is 0 Å².